The maximum absolute atomic E-state index is 11.0. The molecule has 1 aromatic carbocycles. The van der Waals surface area contributed by atoms with Crippen LogP contribution in [0.2, 0.25) is 0 Å². The van der Waals surface area contributed by atoms with Gasteiger partial charge < -0.3 is 10.2 Å². The summed E-state index contributed by atoms with van der Waals surface area (Å²) in [5.74, 6) is -0.963. The van der Waals surface area contributed by atoms with Gasteiger partial charge in [-0.05, 0) is 34.7 Å². The molecule has 0 saturated carbocycles. The molecule has 14 heavy (non-hydrogen) atoms. The van der Waals surface area contributed by atoms with Crippen molar-refractivity contribution in [3.8, 4) is 5.75 Å². The number of carboxylic acid groups (broad SMARTS) is 1. The van der Waals surface area contributed by atoms with Crippen molar-refractivity contribution >= 4 is 50.0 Å². The number of hydrogen-bond donors (Lipinski definition) is 2. The van der Waals surface area contributed by atoms with Crippen molar-refractivity contribution in [2.75, 3.05) is 0 Å². The van der Waals surface area contributed by atoms with Gasteiger partial charge in [-0.1, -0.05) is 0 Å². The standard InChI is InChI=1S/C9H5IO3S/c10-4-1-2-6-8(5(11)3-14-6)7(4)9(12)13/h1-3,11H,(H,12,13). The zero-order valence-corrected chi connectivity index (χ0v) is 9.79. The number of carbonyl (C=O) groups is 1. The molecule has 0 radical (unpaired) electrons. The molecule has 0 spiro atoms. The van der Waals surface area contributed by atoms with Crippen LogP contribution in [0, 0.1) is 3.57 Å². The molecule has 0 unspecified atom stereocenters. The summed E-state index contributed by atoms with van der Waals surface area (Å²) < 4.78 is 1.43. The molecule has 0 saturated heterocycles. The van der Waals surface area contributed by atoms with E-state index in [9.17, 15) is 9.90 Å². The van der Waals surface area contributed by atoms with Gasteiger partial charge in [0.2, 0.25) is 0 Å². The third kappa shape index (κ3) is 1.36. The minimum Gasteiger partial charge on any atom is -0.506 e. The summed E-state index contributed by atoms with van der Waals surface area (Å²) in [6, 6.07) is 3.55. The molecule has 1 heterocycles. The SMILES string of the molecule is O=C(O)c1c(I)ccc2scc(O)c12. The first-order valence-electron chi connectivity index (χ1n) is 3.73. The third-order valence-corrected chi connectivity index (χ3v) is 3.72. The van der Waals surface area contributed by atoms with Gasteiger partial charge in [-0.25, -0.2) is 4.79 Å². The predicted molar refractivity (Wildman–Crippen MR) is 63.2 cm³/mol. The summed E-state index contributed by atoms with van der Waals surface area (Å²) in [7, 11) is 0. The predicted octanol–water partition coefficient (Wildman–Crippen LogP) is 2.91. The van der Waals surface area contributed by atoms with E-state index in [0.717, 1.165) is 4.70 Å². The van der Waals surface area contributed by atoms with Gasteiger partial charge in [0.1, 0.15) is 5.75 Å². The summed E-state index contributed by atoms with van der Waals surface area (Å²) in [5.41, 5.74) is 0.182. The maximum atomic E-state index is 11.0. The highest BCUT2D eigenvalue weighted by Gasteiger charge is 2.16. The van der Waals surface area contributed by atoms with Crippen LogP contribution in [0.15, 0.2) is 17.5 Å². The first kappa shape index (κ1) is 9.72. The average molecular weight is 320 g/mol. The molecular weight excluding hydrogens is 315 g/mol. The second-order valence-corrected chi connectivity index (χ2v) is 4.80. The molecule has 0 atom stereocenters. The van der Waals surface area contributed by atoms with E-state index in [1.54, 1.807) is 11.4 Å². The van der Waals surface area contributed by atoms with Crippen LogP contribution in [0.5, 0.6) is 5.75 Å². The van der Waals surface area contributed by atoms with Crippen molar-refractivity contribution in [3.05, 3.63) is 26.6 Å². The van der Waals surface area contributed by atoms with E-state index in [0.29, 0.717) is 8.96 Å². The van der Waals surface area contributed by atoms with E-state index in [1.165, 1.54) is 11.3 Å². The molecule has 0 aliphatic heterocycles. The molecule has 3 nitrogen and oxygen atoms in total. The summed E-state index contributed by atoms with van der Waals surface area (Å²) >= 11 is 3.29. The highest BCUT2D eigenvalue weighted by atomic mass is 127. The van der Waals surface area contributed by atoms with Crippen LogP contribution in [0.3, 0.4) is 0 Å². The summed E-state index contributed by atoms with van der Waals surface area (Å²) in [4.78, 5) is 11.0. The van der Waals surface area contributed by atoms with Crippen molar-refractivity contribution in [1.29, 1.82) is 0 Å². The first-order chi connectivity index (χ1) is 6.61. The molecule has 5 heteroatoms. The molecule has 0 bridgehead atoms. The van der Waals surface area contributed by atoms with Crippen molar-refractivity contribution < 1.29 is 15.0 Å². The minimum absolute atomic E-state index is 0.0425. The summed E-state index contributed by atoms with van der Waals surface area (Å²) in [5, 5.41) is 20.5. The Morgan fingerprint density at radius 2 is 2.14 bits per heavy atom. The molecule has 72 valence electrons. The van der Waals surface area contributed by atoms with Gasteiger partial charge in [-0.15, -0.1) is 11.3 Å². The fourth-order valence-corrected chi connectivity index (χ4v) is 2.81. The van der Waals surface area contributed by atoms with Crippen LogP contribution in [-0.2, 0) is 0 Å². The van der Waals surface area contributed by atoms with Gasteiger partial charge in [0.05, 0.1) is 5.56 Å². The lowest BCUT2D eigenvalue weighted by molar-refractivity contribution is 0.0697. The molecule has 0 aliphatic rings. The normalized spacial score (nSPS) is 10.6. The van der Waals surface area contributed by atoms with E-state index in [-0.39, 0.29) is 11.3 Å². The zero-order valence-electron chi connectivity index (χ0n) is 6.82. The van der Waals surface area contributed by atoms with Crippen LogP contribution < -0.4 is 0 Å². The van der Waals surface area contributed by atoms with Gasteiger partial charge in [-0.2, -0.15) is 0 Å². The highest BCUT2D eigenvalue weighted by Crippen LogP contribution is 2.35. The Bertz CT molecular complexity index is 518. The number of halogens is 1. The number of rotatable bonds is 1. The molecule has 2 rings (SSSR count). The first-order valence-corrected chi connectivity index (χ1v) is 5.69. The van der Waals surface area contributed by atoms with Crippen molar-refractivity contribution in [3.63, 3.8) is 0 Å². The van der Waals surface area contributed by atoms with Crippen LogP contribution >= 0.6 is 33.9 Å². The quantitative estimate of drug-likeness (QED) is 0.795. The Labute approximate surface area is 97.1 Å². The van der Waals surface area contributed by atoms with Crippen molar-refractivity contribution in [2.45, 2.75) is 0 Å². The fourth-order valence-electron chi connectivity index (χ4n) is 1.30. The number of carboxylic acids is 1. The van der Waals surface area contributed by atoms with Crippen LogP contribution in [0.25, 0.3) is 10.1 Å². The van der Waals surface area contributed by atoms with E-state index in [1.807, 2.05) is 28.7 Å². The molecule has 0 fully saturated rings. The summed E-state index contributed by atoms with van der Waals surface area (Å²) in [6.45, 7) is 0. The Hall–Kier alpha value is -0.820. The number of aromatic hydroxyl groups is 1. The van der Waals surface area contributed by atoms with Gasteiger partial charge in [0.25, 0.3) is 0 Å². The van der Waals surface area contributed by atoms with Gasteiger partial charge in [0, 0.05) is 19.0 Å². The number of aromatic carboxylic acids is 1. The van der Waals surface area contributed by atoms with Crippen LogP contribution in [0.1, 0.15) is 10.4 Å². The lowest BCUT2D eigenvalue weighted by Crippen LogP contribution is -1.99. The minimum atomic E-state index is -1.01. The van der Waals surface area contributed by atoms with Gasteiger partial charge in [0.15, 0.2) is 0 Å². The Morgan fingerprint density at radius 3 is 2.79 bits per heavy atom. The molecule has 2 N–H and O–H groups in total. The van der Waals surface area contributed by atoms with Gasteiger partial charge >= 0.3 is 5.97 Å². The van der Waals surface area contributed by atoms with Gasteiger partial charge in [-0.3, -0.25) is 0 Å². The maximum Gasteiger partial charge on any atom is 0.337 e. The largest absolute Gasteiger partial charge is 0.506 e. The lowest BCUT2D eigenvalue weighted by Gasteiger charge is -2.01. The van der Waals surface area contributed by atoms with E-state index < -0.39 is 5.97 Å². The second kappa shape index (κ2) is 3.39. The lowest BCUT2D eigenvalue weighted by atomic mass is 10.1. The van der Waals surface area contributed by atoms with Crippen LogP contribution in [0.4, 0.5) is 0 Å². The molecule has 2 aromatic rings. The van der Waals surface area contributed by atoms with Crippen molar-refractivity contribution in [2.24, 2.45) is 0 Å². The smallest absolute Gasteiger partial charge is 0.337 e. The Kier molecular flexibility index (Phi) is 2.36. The number of benzene rings is 1. The van der Waals surface area contributed by atoms with E-state index >= 15 is 0 Å². The summed E-state index contributed by atoms with van der Waals surface area (Å²) in [6.07, 6.45) is 0. The number of hydrogen-bond acceptors (Lipinski definition) is 3. The second-order valence-electron chi connectivity index (χ2n) is 2.72. The average Bonchev–Trinajstić information content (AvgIpc) is 2.47. The van der Waals surface area contributed by atoms with Crippen molar-refractivity contribution in [1.82, 2.24) is 0 Å². The zero-order chi connectivity index (χ0) is 10.3. The number of thiophene rings is 1. The fraction of sp³-hybridized carbons (Fsp3) is 0. The van der Waals surface area contributed by atoms with E-state index in [2.05, 4.69) is 0 Å². The van der Waals surface area contributed by atoms with E-state index in [4.69, 9.17) is 5.11 Å². The highest BCUT2D eigenvalue weighted by molar-refractivity contribution is 14.1. The third-order valence-electron chi connectivity index (χ3n) is 1.88. The molecule has 0 amide bonds. The number of fused-ring (bicyclic) bond motifs is 1. The topological polar surface area (TPSA) is 57.5 Å². The molecule has 0 aliphatic carbocycles. The molecular formula is C9H5IO3S. The Morgan fingerprint density at radius 1 is 1.43 bits per heavy atom. The van der Waals surface area contributed by atoms with Crippen LogP contribution in [-0.4, -0.2) is 16.2 Å². The Balaban J connectivity index is 2.94. The molecule has 1 aromatic heterocycles. The monoisotopic (exact) mass is 320 g/mol.